The predicted octanol–water partition coefficient (Wildman–Crippen LogP) is 2.41. The largest absolute Gasteiger partial charge is 0.481 e. The van der Waals surface area contributed by atoms with Crippen molar-refractivity contribution < 1.29 is 14.3 Å². The van der Waals surface area contributed by atoms with Crippen LogP contribution >= 0.6 is 11.6 Å². The van der Waals surface area contributed by atoms with Crippen LogP contribution in [-0.4, -0.2) is 30.5 Å². The maximum atomic E-state index is 12.4. The van der Waals surface area contributed by atoms with Crippen molar-refractivity contribution in [3.8, 4) is 5.88 Å². The SMILES string of the molecule is COc1cc(CNC(=O)C2CC(=O)N(c3ccccc3Cl)C2)ccn1. The maximum absolute atomic E-state index is 12.4. The minimum Gasteiger partial charge on any atom is -0.481 e. The van der Waals surface area contributed by atoms with E-state index in [1.807, 2.05) is 6.07 Å². The molecular formula is C18H18ClN3O3. The van der Waals surface area contributed by atoms with Crippen LogP contribution in [0.25, 0.3) is 0 Å². The number of amides is 2. The van der Waals surface area contributed by atoms with Gasteiger partial charge in [-0.3, -0.25) is 9.59 Å². The average Bonchev–Trinajstić information content (AvgIpc) is 3.02. The molecule has 1 aliphatic heterocycles. The zero-order valence-electron chi connectivity index (χ0n) is 13.7. The summed E-state index contributed by atoms with van der Waals surface area (Å²) in [7, 11) is 1.54. The van der Waals surface area contributed by atoms with Crippen LogP contribution in [0.3, 0.4) is 0 Å². The highest BCUT2D eigenvalue weighted by Crippen LogP contribution is 2.31. The lowest BCUT2D eigenvalue weighted by Crippen LogP contribution is -2.32. The van der Waals surface area contributed by atoms with Crippen molar-refractivity contribution in [1.82, 2.24) is 10.3 Å². The van der Waals surface area contributed by atoms with E-state index in [0.29, 0.717) is 29.7 Å². The fourth-order valence-electron chi connectivity index (χ4n) is 2.79. The number of hydrogen-bond acceptors (Lipinski definition) is 4. The number of carbonyl (C=O) groups excluding carboxylic acids is 2. The molecule has 0 bridgehead atoms. The Morgan fingerprint density at radius 1 is 1.40 bits per heavy atom. The highest BCUT2D eigenvalue weighted by atomic mass is 35.5. The van der Waals surface area contributed by atoms with E-state index in [9.17, 15) is 9.59 Å². The van der Waals surface area contributed by atoms with E-state index in [2.05, 4.69) is 10.3 Å². The number of rotatable bonds is 5. The third-order valence-corrected chi connectivity index (χ3v) is 4.43. The first-order chi connectivity index (χ1) is 12.1. The van der Waals surface area contributed by atoms with Crippen molar-refractivity contribution in [2.75, 3.05) is 18.6 Å². The molecule has 1 aromatic carbocycles. The number of methoxy groups -OCH3 is 1. The van der Waals surface area contributed by atoms with E-state index < -0.39 is 5.92 Å². The van der Waals surface area contributed by atoms with Gasteiger partial charge in [0.05, 0.1) is 23.7 Å². The minimum absolute atomic E-state index is 0.0983. The van der Waals surface area contributed by atoms with E-state index >= 15 is 0 Å². The summed E-state index contributed by atoms with van der Waals surface area (Å²) < 4.78 is 5.06. The highest BCUT2D eigenvalue weighted by Gasteiger charge is 2.35. The molecule has 1 N–H and O–H groups in total. The Labute approximate surface area is 150 Å². The quantitative estimate of drug-likeness (QED) is 0.889. The molecule has 1 atom stereocenters. The molecule has 1 unspecified atom stereocenters. The highest BCUT2D eigenvalue weighted by molar-refractivity contribution is 6.33. The Morgan fingerprint density at radius 3 is 2.96 bits per heavy atom. The molecule has 0 aliphatic carbocycles. The van der Waals surface area contributed by atoms with Crippen LogP contribution in [0.15, 0.2) is 42.6 Å². The van der Waals surface area contributed by atoms with Crippen LogP contribution in [0.1, 0.15) is 12.0 Å². The van der Waals surface area contributed by atoms with Gasteiger partial charge >= 0.3 is 0 Å². The van der Waals surface area contributed by atoms with Crippen LogP contribution < -0.4 is 15.0 Å². The Hall–Kier alpha value is -2.60. The molecule has 3 rings (SSSR count). The summed E-state index contributed by atoms with van der Waals surface area (Å²) in [5.41, 5.74) is 1.52. The number of nitrogens with one attached hydrogen (secondary N) is 1. The number of nitrogens with zero attached hydrogens (tertiary/aromatic N) is 2. The molecule has 2 amide bonds. The van der Waals surface area contributed by atoms with Gasteiger partial charge in [-0.05, 0) is 23.8 Å². The molecule has 1 aliphatic rings. The summed E-state index contributed by atoms with van der Waals surface area (Å²) in [4.78, 5) is 30.3. The number of halogens is 1. The van der Waals surface area contributed by atoms with Gasteiger partial charge in [-0.1, -0.05) is 23.7 Å². The van der Waals surface area contributed by atoms with Gasteiger partial charge in [-0.25, -0.2) is 4.98 Å². The number of hydrogen-bond donors (Lipinski definition) is 1. The molecule has 2 aromatic rings. The van der Waals surface area contributed by atoms with Gasteiger partial charge in [-0.15, -0.1) is 0 Å². The van der Waals surface area contributed by atoms with Crippen LogP contribution in [0.5, 0.6) is 5.88 Å². The van der Waals surface area contributed by atoms with Gasteiger partial charge in [0.1, 0.15) is 0 Å². The van der Waals surface area contributed by atoms with Gasteiger partial charge in [0.2, 0.25) is 17.7 Å². The van der Waals surface area contributed by atoms with E-state index in [1.54, 1.807) is 41.4 Å². The first kappa shape index (κ1) is 17.2. The molecule has 6 nitrogen and oxygen atoms in total. The van der Waals surface area contributed by atoms with E-state index in [1.165, 1.54) is 7.11 Å². The molecule has 0 radical (unpaired) electrons. The Bertz CT molecular complexity index is 797. The summed E-state index contributed by atoms with van der Waals surface area (Å²) in [5, 5.41) is 3.37. The third kappa shape index (κ3) is 3.91. The van der Waals surface area contributed by atoms with Crippen LogP contribution in [-0.2, 0) is 16.1 Å². The summed E-state index contributed by atoms with van der Waals surface area (Å²) in [6.45, 7) is 0.683. The summed E-state index contributed by atoms with van der Waals surface area (Å²) in [6, 6.07) is 10.7. The molecule has 0 saturated carbocycles. The average molecular weight is 360 g/mol. The zero-order chi connectivity index (χ0) is 17.8. The monoisotopic (exact) mass is 359 g/mol. The number of pyridine rings is 1. The molecule has 1 fully saturated rings. The smallest absolute Gasteiger partial charge is 0.227 e. The lowest BCUT2D eigenvalue weighted by molar-refractivity contribution is -0.126. The van der Waals surface area contributed by atoms with Crippen molar-refractivity contribution in [2.24, 2.45) is 5.92 Å². The van der Waals surface area contributed by atoms with Gasteiger partial charge in [0.15, 0.2) is 0 Å². The van der Waals surface area contributed by atoms with Crippen molar-refractivity contribution >= 4 is 29.1 Å². The molecular weight excluding hydrogens is 342 g/mol. The third-order valence-electron chi connectivity index (χ3n) is 4.11. The molecule has 0 spiro atoms. The Balaban J connectivity index is 1.62. The Kier molecular flexibility index (Phi) is 5.19. The lowest BCUT2D eigenvalue weighted by Gasteiger charge is -2.18. The number of aromatic nitrogens is 1. The van der Waals surface area contributed by atoms with Gasteiger partial charge in [0.25, 0.3) is 0 Å². The normalized spacial score (nSPS) is 16.8. The first-order valence-corrected chi connectivity index (χ1v) is 8.28. The standard InChI is InChI=1S/C18H18ClN3O3/c1-25-16-8-12(6-7-20-16)10-21-18(24)13-9-17(23)22(11-13)15-5-3-2-4-14(15)19/h2-8,13H,9-11H2,1H3,(H,21,24). The van der Waals surface area contributed by atoms with E-state index in [0.717, 1.165) is 5.56 Å². The summed E-state index contributed by atoms with van der Waals surface area (Å²) in [6.07, 6.45) is 1.80. The van der Waals surface area contributed by atoms with Crippen LogP contribution in [0.4, 0.5) is 5.69 Å². The number of carbonyl (C=O) groups is 2. The molecule has 130 valence electrons. The second-order valence-electron chi connectivity index (χ2n) is 5.78. The van der Waals surface area contributed by atoms with Gasteiger partial charge < -0.3 is 15.0 Å². The Morgan fingerprint density at radius 2 is 2.20 bits per heavy atom. The maximum Gasteiger partial charge on any atom is 0.227 e. The van der Waals surface area contributed by atoms with Crippen molar-refractivity contribution in [1.29, 1.82) is 0 Å². The second-order valence-corrected chi connectivity index (χ2v) is 6.19. The fourth-order valence-corrected chi connectivity index (χ4v) is 3.03. The van der Waals surface area contributed by atoms with E-state index in [4.69, 9.17) is 16.3 Å². The predicted molar refractivity (Wildman–Crippen MR) is 94.5 cm³/mol. The molecule has 1 aromatic heterocycles. The fraction of sp³-hybridized carbons (Fsp3) is 0.278. The summed E-state index contributed by atoms with van der Waals surface area (Å²) in [5.74, 6) is -0.155. The van der Waals surface area contributed by atoms with E-state index in [-0.39, 0.29) is 18.2 Å². The second kappa shape index (κ2) is 7.53. The molecule has 1 saturated heterocycles. The first-order valence-electron chi connectivity index (χ1n) is 7.90. The molecule has 2 heterocycles. The van der Waals surface area contributed by atoms with Crippen LogP contribution in [0.2, 0.25) is 5.02 Å². The lowest BCUT2D eigenvalue weighted by atomic mass is 10.1. The van der Waals surface area contributed by atoms with Crippen molar-refractivity contribution in [2.45, 2.75) is 13.0 Å². The zero-order valence-corrected chi connectivity index (χ0v) is 14.5. The number of anilines is 1. The summed E-state index contributed by atoms with van der Waals surface area (Å²) >= 11 is 6.15. The van der Waals surface area contributed by atoms with Crippen molar-refractivity contribution in [3.63, 3.8) is 0 Å². The van der Waals surface area contributed by atoms with Gasteiger partial charge in [-0.2, -0.15) is 0 Å². The van der Waals surface area contributed by atoms with Crippen molar-refractivity contribution in [3.05, 3.63) is 53.2 Å². The molecule has 25 heavy (non-hydrogen) atoms. The number of para-hydroxylation sites is 1. The van der Waals surface area contributed by atoms with Crippen LogP contribution in [0, 0.1) is 5.92 Å². The molecule has 7 heteroatoms. The minimum atomic E-state index is -0.396. The number of benzene rings is 1. The topological polar surface area (TPSA) is 71.5 Å². The number of ether oxygens (including phenoxy) is 1. The van der Waals surface area contributed by atoms with Gasteiger partial charge in [0, 0.05) is 31.8 Å².